The van der Waals surface area contributed by atoms with E-state index in [2.05, 4.69) is 20.5 Å². The molecule has 2 N–H and O–H groups in total. The number of nitrogens with one attached hydrogen (secondary N) is 1. The molecular weight excluding hydrogens is 324 g/mol. The van der Waals surface area contributed by atoms with Gasteiger partial charge in [0.25, 0.3) is 5.91 Å². The zero-order chi connectivity index (χ0) is 18.1. The number of rotatable bonds is 5. The third-order valence-corrected chi connectivity index (χ3v) is 3.62. The van der Waals surface area contributed by atoms with E-state index in [9.17, 15) is 9.59 Å². The number of anilines is 1. The molecule has 0 saturated carbocycles. The molecule has 9 heteroatoms. The molecule has 1 amide bonds. The van der Waals surface area contributed by atoms with Crippen LogP contribution in [0.15, 0.2) is 24.7 Å². The summed E-state index contributed by atoms with van der Waals surface area (Å²) in [7, 11) is 0. The van der Waals surface area contributed by atoms with Gasteiger partial charge in [-0.05, 0) is 26.8 Å². The number of hydrogen-bond acceptors (Lipinski definition) is 5. The monoisotopic (exact) mass is 342 g/mol. The highest BCUT2D eigenvalue weighted by atomic mass is 16.4. The minimum atomic E-state index is -1.01. The summed E-state index contributed by atoms with van der Waals surface area (Å²) >= 11 is 0. The molecule has 3 aromatic heterocycles. The summed E-state index contributed by atoms with van der Waals surface area (Å²) in [6.07, 6.45) is 4.50. The number of carboxylic acid groups (broad SMARTS) is 1. The molecule has 3 rings (SSSR count). The van der Waals surface area contributed by atoms with E-state index in [0.717, 1.165) is 0 Å². The number of nitrogens with zero attached hydrogens (tertiary/aromatic N) is 5. The molecule has 0 bridgehead atoms. The standard InChI is InChI=1S/C16H18N6O3/c1-9(2)22-15-13(6-18-22)12(4-10(3)19-15)16(25)20-11-5-17-21(7-11)8-14(23)24/h4-7,9H,8H2,1-3H3,(H,20,25)(H,23,24). The van der Waals surface area contributed by atoms with E-state index < -0.39 is 5.97 Å². The first-order valence-electron chi connectivity index (χ1n) is 7.75. The Morgan fingerprint density at radius 1 is 1.28 bits per heavy atom. The molecule has 0 aliphatic heterocycles. The minimum absolute atomic E-state index is 0.122. The van der Waals surface area contributed by atoms with Crippen molar-refractivity contribution in [1.82, 2.24) is 24.5 Å². The molecule has 9 nitrogen and oxygen atoms in total. The van der Waals surface area contributed by atoms with Gasteiger partial charge in [0, 0.05) is 17.9 Å². The van der Waals surface area contributed by atoms with Crippen molar-refractivity contribution in [3.05, 3.63) is 35.9 Å². The second-order valence-corrected chi connectivity index (χ2v) is 6.01. The zero-order valence-corrected chi connectivity index (χ0v) is 14.1. The summed E-state index contributed by atoms with van der Waals surface area (Å²) < 4.78 is 3.01. The van der Waals surface area contributed by atoms with Crippen LogP contribution in [0, 0.1) is 6.92 Å². The van der Waals surface area contributed by atoms with Gasteiger partial charge in [0.1, 0.15) is 6.54 Å². The lowest BCUT2D eigenvalue weighted by atomic mass is 10.1. The first-order valence-corrected chi connectivity index (χ1v) is 7.75. The Kier molecular flexibility index (Phi) is 4.22. The minimum Gasteiger partial charge on any atom is -0.480 e. The van der Waals surface area contributed by atoms with Gasteiger partial charge in [0.15, 0.2) is 5.65 Å². The molecule has 3 heterocycles. The molecular formula is C16H18N6O3. The van der Waals surface area contributed by atoms with Gasteiger partial charge in [-0.1, -0.05) is 0 Å². The SMILES string of the molecule is Cc1cc(C(=O)Nc2cnn(CC(=O)O)c2)c2cnn(C(C)C)c2n1. The van der Waals surface area contributed by atoms with Crippen molar-refractivity contribution in [2.45, 2.75) is 33.4 Å². The highest BCUT2D eigenvalue weighted by Crippen LogP contribution is 2.22. The van der Waals surface area contributed by atoms with Crippen LogP contribution in [0.4, 0.5) is 5.69 Å². The molecule has 0 radical (unpaired) electrons. The summed E-state index contributed by atoms with van der Waals surface area (Å²) in [5, 5.41) is 20.4. The summed E-state index contributed by atoms with van der Waals surface area (Å²) in [4.78, 5) is 27.8. The van der Waals surface area contributed by atoms with Crippen LogP contribution < -0.4 is 5.32 Å². The highest BCUT2D eigenvalue weighted by Gasteiger charge is 2.17. The van der Waals surface area contributed by atoms with Crippen molar-refractivity contribution < 1.29 is 14.7 Å². The second-order valence-electron chi connectivity index (χ2n) is 6.01. The summed E-state index contributed by atoms with van der Waals surface area (Å²) in [6.45, 7) is 5.54. The van der Waals surface area contributed by atoms with Gasteiger partial charge in [0.05, 0.1) is 29.0 Å². The van der Waals surface area contributed by atoms with Crippen LogP contribution in [-0.2, 0) is 11.3 Å². The number of carboxylic acids is 1. The second kappa shape index (κ2) is 6.34. The largest absolute Gasteiger partial charge is 0.480 e. The van der Waals surface area contributed by atoms with Crippen LogP contribution in [0.1, 0.15) is 35.9 Å². The average molecular weight is 342 g/mol. The van der Waals surface area contributed by atoms with Crippen LogP contribution in [0.25, 0.3) is 11.0 Å². The lowest BCUT2D eigenvalue weighted by Gasteiger charge is -2.09. The van der Waals surface area contributed by atoms with Gasteiger partial charge in [-0.15, -0.1) is 0 Å². The fraction of sp³-hybridized carbons (Fsp3) is 0.312. The number of fused-ring (bicyclic) bond motifs is 1. The van der Waals surface area contributed by atoms with Crippen molar-refractivity contribution >= 4 is 28.6 Å². The number of carbonyl (C=O) groups excluding carboxylic acids is 1. The molecule has 130 valence electrons. The van der Waals surface area contributed by atoms with Gasteiger partial charge in [0.2, 0.25) is 0 Å². The summed E-state index contributed by atoms with van der Waals surface area (Å²) in [5.74, 6) is -1.33. The Morgan fingerprint density at radius 3 is 2.72 bits per heavy atom. The first kappa shape index (κ1) is 16.6. The fourth-order valence-electron chi connectivity index (χ4n) is 2.56. The molecule has 0 aliphatic rings. The Labute approximate surface area is 143 Å². The van der Waals surface area contributed by atoms with E-state index >= 15 is 0 Å². The molecule has 0 spiro atoms. The maximum Gasteiger partial charge on any atom is 0.325 e. The molecule has 0 aromatic carbocycles. The topological polar surface area (TPSA) is 115 Å². The first-order chi connectivity index (χ1) is 11.8. The Hall–Kier alpha value is -3.23. The number of aromatic nitrogens is 5. The van der Waals surface area contributed by atoms with Gasteiger partial charge >= 0.3 is 5.97 Å². The van der Waals surface area contributed by atoms with Crippen LogP contribution in [0.3, 0.4) is 0 Å². The normalized spacial score (nSPS) is 11.2. The molecule has 0 aliphatic carbocycles. The Bertz CT molecular complexity index is 956. The van der Waals surface area contributed by atoms with Crippen LogP contribution in [-0.4, -0.2) is 41.5 Å². The van der Waals surface area contributed by atoms with Crippen molar-refractivity contribution in [3.8, 4) is 0 Å². The van der Waals surface area contributed by atoms with Crippen molar-refractivity contribution in [2.75, 3.05) is 5.32 Å². The predicted molar refractivity (Wildman–Crippen MR) is 90.5 cm³/mol. The number of pyridine rings is 1. The van der Waals surface area contributed by atoms with Crippen LogP contribution in [0.5, 0.6) is 0 Å². The zero-order valence-electron chi connectivity index (χ0n) is 14.1. The van der Waals surface area contributed by atoms with E-state index in [1.807, 2.05) is 20.8 Å². The molecule has 0 fully saturated rings. The van der Waals surface area contributed by atoms with Gasteiger partial charge < -0.3 is 10.4 Å². The molecule has 25 heavy (non-hydrogen) atoms. The van der Waals surface area contributed by atoms with E-state index in [4.69, 9.17) is 5.11 Å². The van der Waals surface area contributed by atoms with Gasteiger partial charge in [-0.2, -0.15) is 10.2 Å². The molecule has 3 aromatic rings. The van der Waals surface area contributed by atoms with Gasteiger partial charge in [-0.25, -0.2) is 9.67 Å². The third kappa shape index (κ3) is 3.35. The predicted octanol–water partition coefficient (Wildman–Crippen LogP) is 1.85. The fourth-order valence-corrected chi connectivity index (χ4v) is 2.56. The number of aliphatic carboxylic acids is 1. The molecule has 0 atom stereocenters. The van der Waals surface area contributed by atoms with E-state index in [-0.39, 0.29) is 18.5 Å². The lowest BCUT2D eigenvalue weighted by molar-refractivity contribution is -0.137. The van der Waals surface area contributed by atoms with Gasteiger partial charge in [-0.3, -0.25) is 14.3 Å². The van der Waals surface area contributed by atoms with E-state index in [0.29, 0.717) is 28.0 Å². The maximum atomic E-state index is 12.7. The molecule has 0 saturated heterocycles. The number of amides is 1. The average Bonchev–Trinajstić information content (AvgIpc) is 3.12. The molecule has 0 unspecified atom stereocenters. The number of carbonyl (C=O) groups is 2. The number of hydrogen-bond donors (Lipinski definition) is 2. The van der Waals surface area contributed by atoms with E-state index in [1.165, 1.54) is 17.1 Å². The van der Waals surface area contributed by atoms with Crippen LogP contribution in [0.2, 0.25) is 0 Å². The third-order valence-electron chi connectivity index (χ3n) is 3.62. The van der Waals surface area contributed by atoms with E-state index in [1.54, 1.807) is 16.9 Å². The van der Waals surface area contributed by atoms with Crippen molar-refractivity contribution in [1.29, 1.82) is 0 Å². The summed E-state index contributed by atoms with van der Waals surface area (Å²) in [5.41, 5.74) is 2.24. The quantitative estimate of drug-likeness (QED) is 0.731. The number of aryl methyl sites for hydroxylation is 1. The van der Waals surface area contributed by atoms with Crippen molar-refractivity contribution in [3.63, 3.8) is 0 Å². The summed E-state index contributed by atoms with van der Waals surface area (Å²) in [6, 6.07) is 1.82. The maximum absolute atomic E-state index is 12.7. The Balaban J connectivity index is 1.92. The highest BCUT2D eigenvalue weighted by molar-refractivity contribution is 6.11. The Morgan fingerprint density at radius 2 is 2.04 bits per heavy atom. The van der Waals surface area contributed by atoms with Crippen molar-refractivity contribution in [2.24, 2.45) is 0 Å². The smallest absolute Gasteiger partial charge is 0.325 e. The van der Waals surface area contributed by atoms with Crippen LogP contribution >= 0.6 is 0 Å². The lowest BCUT2D eigenvalue weighted by Crippen LogP contribution is -2.13.